The van der Waals surface area contributed by atoms with Crippen molar-refractivity contribution in [2.45, 2.75) is 61.2 Å². The van der Waals surface area contributed by atoms with Gasteiger partial charge in [-0.05, 0) is 19.6 Å². The van der Waals surface area contributed by atoms with Gasteiger partial charge in [0.2, 0.25) is 0 Å². The molecular weight excluding hydrogens is 247 g/mol. The lowest BCUT2D eigenvalue weighted by molar-refractivity contribution is -0.117. The Morgan fingerprint density at radius 2 is 1.35 bits per heavy atom. The molecule has 0 unspecified atom stereocenters. The van der Waals surface area contributed by atoms with Gasteiger partial charge in [0, 0.05) is 19.0 Å². The highest BCUT2D eigenvalue weighted by Crippen LogP contribution is 2.30. The largest absolute Gasteiger partial charge is 0.385 e. The lowest BCUT2D eigenvalue weighted by Gasteiger charge is -2.29. The van der Waals surface area contributed by atoms with Gasteiger partial charge in [-0.25, -0.2) is 0 Å². The first-order valence-corrected chi connectivity index (χ1v) is 10.4. The van der Waals surface area contributed by atoms with Crippen LogP contribution in [0.25, 0.3) is 0 Å². The van der Waals surface area contributed by atoms with E-state index in [1.54, 1.807) is 0 Å². The third-order valence-electron chi connectivity index (χ3n) is 1.89. The van der Waals surface area contributed by atoms with E-state index < -0.39 is 8.32 Å². The van der Waals surface area contributed by atoms with Crippen LogP contribution in [-0.4, -0.2) is 19.3 Å². The zero-order valence-corrected chi connectivity index (χ0v) is 14.7. The minimum absolute atomic E-state index is 0.0806. The van der Waals surface area contributed by atoms with E-state index in [4.69, 9.17) is 4.43 Å². The van der Waals surface area contributed by atoms with E-state index in [1.165, 1.54) is 0 Å². The van der Waals surface area contributed by atoms with Crippen molar-refractivity contribution >= 4 is 27.5 Å². The van der Waals surface area contributed by atoms with Gasteiger partial charge in [-0.1, -0.05) is 41.5 Å². The van der Waals surface area contributed by atoms with E-state index >= 15 is 0 Å². The monoisotopic (exact) mass is 274 g/mol. The highest BCUT2D eigenvalue weighted by Gasteiger charge is 2.29. The average Bonchev–Trinajstić information content (AvgIpc) is 1.96. The van der Waals surface area contributed by atoms with Crippen molar-refractivity contribution in [2.75, 3.05) is 0 Å². The Morgan fingerprint density at radius 1 is 0.941 bits per heavy atom. The molecule has 0 aromatic heterocycles. The van der Waals surface area contributed by atoms with Crippen LogP contribution in [0.4, 0.5) is 0 Å². The molecule has 0 saturated heterocycles. The maximum Gasteiger partial charge on any atom is 0.191 e. The van der Waals surface area contributed by atoms with Gasteiger partial charge < -0.3 is 4.43 Å². The zero-order valence-electron chi connectivity index (χ0n) is 12.8. The summed E-state index contributed by atoms with van der Waals surface area (Å²) in [6.07, 6.45) is 0. The molecule has 0 amide bonds. The molecule has 0 N–H and O–H groups in total. The molecule has 0 aliphatic carbocycles. The molecule has 0 saturated carbocycles. The highest BCUT2D eigenvalue weighted by molar-refractivity contribution is 7.59. The lowest BCUT2D eigenvalue weighted by atomic mass is 9.98. The van der Waals surface area contributed by atoms with Gasteiger partial charge in [0.25, 0.3) is 0 Å². The topological polar surface area (TPSA) is 26.3 Å². The predicted molar refractivity (Wildman–Crippen MR) is 80.3 cm³/mol. The lowest BCUT2D eigenvalue weighted by Crippen LogP contribution is -2.35. The molecule has 0 spiro atoms. The first-order valence-electron chi connectivity index (χ1n) is 6.06. The number of carbonyl (C=O) groups excluding carboxylic acids is 1. The third-order valence-corrected chi connectivity index (χ3v) is 4.72. The van der Waals surface area contributed by atoms with E-state index in [2.05, 4.69) is 40.4 Å². The van der Waals surface area contributed by atoms with E-state index in [9.17, 15) is 4.79 Å². The molecule has 0 aliphatic rings. The maximum atomic E-state index is 12.1. The summed E-state index contributed by atoms with van der Waals surface area (Å²) in [5.41, 5.74) is 0.751. The van der Waals surface area contributed by atoms with Crippen molar-refractivity contribution in [1.82, 2.24) is 0 Å². The maximum absolute atomic E-state index is 12.1. The summed E-state index contributed by atoms with van der Waals surface area (Å²) in [5, 5.41) is 0. The molecule has 17 heavy (non-hydrogen) atoms. The standard InChI is InChI=1S/C13H27O2PSi/c1-12(2,3)10(14)16-11(13(4,5)6)15-17(7,8)9/h1-9H3. The highest BCUT2D eigenvalue weighted by atomic mass is 31.1. The molecule has 0 aromatic carbocycles. The Labute approximate surface area is 109 Å². The van der Waals surface area contributed by atoms with Crippen LogP contribution in [0, 0.1) is 10.8 Å². The smallest absolute Gasteiger partial charge is 0.191 e. The van der Waals surface area contributed by atoms with Gasteiger partial charge in [-0.15, -0.1) is 0 Å². The second-order valence-corrected chi connectivity index (χ2v) is 12.9. The SMILES string of the molecule is CC(C)(C)C(=O)P=C(O[Si](C)(C)C)C(C)(C)C. The first-order chi connectivity index (χ1) is 7.23. The van der Waals surface area contributed by atoms with Crippen LogP contribution >= 0.6 is 8.20 Å². The van der Waals surface area contributed by atoms with Crippen LogP contribution in [0.2, 0.25) is 19.6 Å². The Morgan fingerprint density at radius 3 is 1.59 bits per heavy atom. The van der Waals surface area contributed by atoms with E-state index in [0.29, 0.717) is 0 Å². The van der Waals surface area contributed by atoms with Crippen LogP contribution in [0.5, 0.6) is 0 Å². The summed E-state index contributed by atoms with van der Waals surface area (Å²) in [4.78, 5) is 12.1. The van der Waals surface area contributed by atoms with E-state index in [0.717, 1.165) is 13.7 Å². The molecule has 4 heteroatoms. The Hall–Kier alpha value is 0.0169. The van der Waals surface area contributed by atoms with Gasteiger partial charge in [-0.3, -0.25) is 4.79 Å². The van der Waals surface area contributed by atoms with Crippen molar-refractivity contribution in [3.05, 3.63) is 0 Å². The van der Waals surface area contributed by atoms with Gasteiger partial charge in [-0.2, -0.15) is 0 Å². The van der Waals surface area contributed by atoms with Crippen molar-refractivity contribution in [3.63, 3.8) is 0 Å². The summed E-state index contributed by atoms with van der Waals surface area (Å²) in [7, 11) is -0.932. The second-order valence-electron chi connectivity index (χ2n) is 7.44. The molecule has 0 radical (unpaired) electrons. The van der Waals surface area contributed by atoms with Crippen LogP contribution in [0.1, 0.15) is 41.5 Å². The normalized spacial score (nSPS) is 15.0. The van der Waals surface area contributed by atoms with Crippen LogP contribution in [0.15, 0.2) is 0 Å². The van der Waals surface area contributed by atoms with Crippen LogP contribution < -0.4 is 0 Å². The number of rotatable bonds is 3. The van der Waals surface area contributed by atoms with Crippen molar-refractivity contribution in [2.24, 2.45) is 10.8 Å². The molecule has 0 atom stereocenters. The molecule has 0 bridgehead atoms. The van der Waals surface area contributed by atoms with Crippen molar-refractivity contribution < 1.29 is 9.22 Å². The fourth-order valence-corrected chi connectivity index (χ4v) is 3.64. The fourth-order valence-electron chi connectivity index (χ4n) is 0.894. The molecule has 0 aromatic rings. The number of carbonyl (C=O) groups is 1. The fraction of sp³-hybridized carbons (Fsp3) is 0.846. The van der Waals surface area contributed by atoms with Crippen LogP contribution in [0.3, 0.4) is 0 Å². The molecule has 0 fully saturated rings. The number of hydrogen-bond donors (Lipinski definition) is 0. The summed E-state index contributed by atoms with van der Waals surface area (Å²) in [5.74, 6) is 0. The van der Waals surface area contributed by atoms with Crippen molar-refractivity contribution in [3.8, 4) is 0 Å². The summed E-state index contributed by atoms with van der Waals surface area (Å²) in [6.45, 7) is 18.6. The van der Waals surface area contributed by atoms with E-state index in [1.807, 2.05) is 20.8 Å². The Kier molecular flexibility index (Phi) is 5.34. The number of hydrogen-bond acceptors (Lipinski definition) is 2. The average molecular weight is 274 g/mol. The van der Waals surface area contributed by atoms with Gasteiger partial charge >= 0.3 is 0 Å². The van der Waals surface area contributed by atoms with Gasteiger partial charge in [0.15, 0.2) is 13.8 Å². The predicted octanol–water partition coefficient (Wildman–Crippen LogP) is 4.53. The minimum Gasteiger partial charge on any atom is -0.385 e. The molecule has 100 valence electrons. The summed E-state index contributed by atoms with van der Waals surface area (Å²) < 4.78 is 6.09. The van der Waals surface area contributed by atoms with Crippen LogP contribution in [-0.2, 0) is 9.22 Å². The Balaban J connectivity index is 5.23. The van der Waals surface area contributed by atoms with Crippen molar-refractivity contribution in [1.29, 1.82) is 0 Å². The first kappa shape index (κ1) is 17.0. The molecule has 0 rings (SSSR count). The van der Waals surface area contributed by atoms with Gasteiger partial charge in [0.05, 0.1) is 5.48 Å². The second kappa shape index (κ2) is 5.34. The summed E-state index contributed by atoms with van der Waals surface area (Å²) in [6, 6.07) is 0. The molecule has 0 heterocycles. The zero-order chi connectivity index (χ0) is 14.1. The molecule has 0 aliphatic heterocycles. The minimum atomic E-state index is -1.65. The third kappa shape index (κ3) is 7.12. The summed E-state index contributed by atoms with van der Waals surface area (Å²) >= 11 is 0. The quantitative estimate of drug-likeness (QED) is 0.558. The molecular formula is C13H27O2PSi. The van der Waals surface area contributed by atoms with Gasteiger partial charge in [0.1, 0.15) is 0 Å². The van der Waals surface area contributed by atoms with E-state index in [-0.39, 0.29) is 16.4 Å². The molecule has 2 nitrogen and oxygen atoms in total. The Bertz CT molecular complexity index is 314.